The highest BCUT2D eigenvalue weighted by Gasteiger charge is 2.39. The number of ether oxygens (including phenoxy) is 1. The molecule has 18 heavy (non-hydrogen) atoms. The maximum Gasteiger partial charge on any atom is 0.240 e. The fourth-order valence-electron chi connectivity index (χ4n) is 3.09. The molecule has 4 heteroatoms. The van der Waals surface area contributed by atoms with E-state index in [4.69, 9.17) is 4.74 Å². The number of amides is 1. The molecule has 2 aliphatic heterocycles. The predicted molar refractivity (Wildman–Crippen MR) is 71.4 cm³/mol. The fourth-order valence-corrected chi connectivity index (χ4v) is 3.09. The molecule has 2 heterocycles. The summed E-state index contributed by atoms with van der Waals surface area (Å²) in [6.45, 7) is 10.1. The van der Waals surface area contributed by atoms with Crippen molar-refractivity contribution in [2.24, 2.45) is 0 Å². The molecule has 0 bridgehead atoms. The number of nitrogens with one attached hydrogen (secondary N) is 1. The van der Waals surface area contributed by atoms with Gasteiger partial charge < -0.3 is 15.0 Å². The Morgan fingerprint density at radius 3 is 2.72 bits per heavy atom. The zero-order valence-electron chi connectivity index (χ0n) is 12.0. The Balaban J connectivity index is 1.96. The van der Waals surface area contributed by atoms with Gasteiger partial charge in [-0.15, -0.1) is 0 Å². The first-order chi connectivity index (χ1) is 8.39. The van der Waals surface area contributed by atoms with E-state index >= 15 is 0 Å². The number of likely N-dealkylation sites (tertiary alicyclic amines) is 1. The predicted octanol–water partition coefficient (Wildman–Crippen LogP) is 1.54. The van der Waals surface area contributed by atoms with Gasteiger partial charge in [0.25, 0.3) is 0 Å². The number of rotatable bonds is 3. The molecule has 2 unspecified atom stereocenters. The van der Waals surface area contributed by atoms with Gasteiger partial charge in [-0.2, -0.15) is 0 Å². The third-order valence-electron chi connectivity index (χ3n) is 3.89. The summed E-state index contributed by atoms with van der Waals surface area (Å²) in [5.41, 5.74) is -0.0905. The zero-order chi connectivity index (χ0) is 13.3. The van der Waals surface area contributed by atoms with Gasteiger partial charge in [0.2, 0.25) is 5.91 Å². The van der Waals surface area contributed by atoms with Crippen LogP contribution in [-0.2, 0) is 9.53 Å². The largest absolute Gasteiger partial charge is 0.375 e. The summed E-state index contributed by atoms with van der Waals surface area (Å²) in [6, 6.07) is 0.751. The van der Waals surface area contributed by atoms with Crippen molar-refractivity contribution in [1.29, 1.82) is 0 Å². The second kappa shape index (κ2) is 5.17. The molecule has 104 valence electrons. The maximum absolute atomic E-state index is 12.4. The van der Waals surface area contributed by atoms with Crippen LogP contribution >= 0.6 is 0 Å². The molecule has 0 aliphatic carbocycles. The minimum atomic E-state index is -0.0905. The smallest absolute Gasteiger partial charge is 0.240 e. The van der Waals surface area contributed by atoms with Crippen molar-refractivity contribution in [3.63, 3.8) is 0 Å². The van der Waals surface area contributed by atoms with E-state index in [1.165, 1.54) is 0 Å². The van der Waals surface area contributed by atoms with Gasteiger partial charge in [0.05, 0.1) is 11.6 Å². The molecule has 1 N–H and O–H groups in total. The van der Waals surface area contributed by atoms with Gasteiger partial charge in [-0.3, -0.25) is 4.79 Å². The van der Waals surface area contributed by atoms with Gasteiger partial charge in [0.1, 0.15) is 0 Å². The molecule has 2 rings (SSSR count). The van der Waals surface area contributed by atoms with Crippen LogP contribution in [0.15, 0.2) is 0 Å². The van der Waals surface area contributed by atoms with Crippen LogP contribution < -0.4 is 5.32 Å². The lowest BCUT2D eigenvalue weighted by Crippen LogP contribution is -2.49. The Hall–Kier alpha value is -0.610. The van der Waals surface area contributed by atoms with Gasteiger partial charge >= 0.3 is 0 Å². The lowest BCUT2D eigenvalue weighted by atomic mass is 9.93. The zero-order valence-corrected chi connectivity index (χ0v) is 12.0. The van der Waals surface area contributed by atoms with Crippen molar-refractivity contribution in [3.05, 3.63) is 0 Å². The van der Waals surface area contributed by atoms with E-state index in [0.717, 1.165) is 32.4 Å². The second-order valence-electron chi connectivity index (χ2n) is 6.45. The lowest BCUT2D eigenvalue weighted by molar-refractivity contribution is -0.137. The first-order valence-electron chi connectivity index (χ1n) is 7.09. The topological polar surface area (TPSA) is 41.6 Å². The molecule has 2 aliphatic rings. The van der Waals surface area contributed by atoms with E-state index in [2.05, 4.69) is 37.9 Å². The van der Waals surface area contributed by atoms with Crippen molar-refractivity contribution >= 4 is 5.91 Å². The first-order valence-corrected chi connectivity index (χ1v) is 7.09. The minimum absolute atomic E-state index is 0.0240. The van der Waals surface area contributed by atoms with E-state index in [-0.39, 0.29) is 17.6 Å². The Morgan fingerprint density at radius 2 is 2.11 bits per heavy atom. The van der Waals surface area contributed by atoms with Crippen LogP contribution in [0, 0.1) is 0 Å². The molecule has 0 radical (unpaired) electrons. The van der Waals surface area contributed by atoms with Crippen LogP contribution in [0.1, 0.15) is 47.0 Å². The Labute approximate surface area is 110 Å². The molecule has 0 saturated carbocycles. The summed E-state index contributed by atoms with van der Waals surface area (Å²) in [6.07, 6.45) is 2.87. The minimum Gasteiger partial charge on any atom is -0.375 e. The lowest BCUT2D eigenvalue weighted by Gasteiger charge is -2.39. The fraction of sp³-hybridized carbons (Fsp3) is 0.929. The van der Waals surface area contributed by atoms with Crippen LogP contribution in [0.3, 0.4) is 0 Å². The van der Waals surface area contributed by atoms with Crippen LogP contribution in [-0.4, -0.2) is 47.7 Å². The summed E-state index contributed by atoms with van der Waals surface area (Å²) in [4.78, 5) is 14.4. The third kappa shape index (κ3) is 3.04. The Bertz CT molecular complexity index is 315. The summed E-state index contributed by atoms with van der Waals surface area (Å²) >= 11 is 0. The Kier molecular flexibility index (Phi) is 3.97. The van der Waals surface area contributed by atoms with E-state index < -0.39 is 0 Å². The van der Waals surface area contributed by atoms with Gasteiger partial charge in [-0.05, 0) is 33.1 Å². The molecule has 0 aromatic carbocycles. The third-order valence-corrected chi connectivity index (χ3v) is 3.89. The number of carbonyl (C=O) groups is 1. The first kappa shape index (κ1) is 13.8. The highest BCUT2D eigenvalue weighted by Crippen LogP contribution is 2.29. The van der Waals surface area contributed by atoms with E-state index in [0.29, 0.717) is 12.1 Å². The number of carbonyl (C=O) groups excluding carboxylic acids is 1. The van der Waals surface area contributed by atoms with Gasteiger partial charge in [-0.25, -0.2) is 0 Å². The van der Waals surface area contributed by atoms with E-state index in [9.17, 15) is 4.79 Å². The Morgan fingerprint density at radius 1 is 1.39 bits per heavy atom. The number of hydrogen-bond acceptors (Lipinski definition) is 3. The normalized spacial score (nSPS) is 32.3. The van der Waals surface area contributed by atoms with E-state index in [1.807, 2.05) is 0 Å². The SMILES string of the molecule is CC(C)NC1CCN(C2CCOC(C)(C)C2)C1=O. The molecule has 0 spiro atoms. The molecular formula is C14H26N2O2. The molecule has 2 atom stereocenters. The summed E-state index contributed by atoms with van der Waals surface area (Å²) in [7, 11) is 0. The molecule has 4 nitrogen and oxygen atoms in total. The van der Waals surface area contributed by atoms with Gasteiger partial charge in [0, 0.05) is 25.2 Å². The number of hydrogen-bond donors (Lipinski definition) is 1. The van der Waals surface area contributed by atoms with Crippen molar-refractivity contribution in [2.45, 2.75) is 70.7 Å². The van der Waals surface area contributed by atoms with Gasteiger partial charge in [0.15, 0.2) is 0 Å². The van der Waals surface area contributed by atoms with Crippen LogP contribution in [0.25, 0.3) is 0 Å². The van der Waals surface area contributed by atoms with Crippen molar-refractivity contribution in [2.75, 3.05) is 13.2 Å². The quantitative estimate of drug-likeness (QED) is 0.830. The van der Waals surface area contributed by atoms with Crippen molar-refractivity contribution < 1.29 is 9.53 Å². The summed E-state index contributed by atoms with van der Waals surface area (Å²) < 4.78 is 5.73. The number of nitrogens with zero attached hydrogens (tertiary/aromatic N) is 1. The molecule has 0 aromatic rings. The average Bonchev–Trinajstić information content (AvgIpc) is 2.58. The van der Waals surface area contributed by atoms with Gasteiger partial charge in [-0.1, -0.05) is 13.8 Å². The molecule has 1 amide bonds. The van der Waals surface area contributed by atoms with Crippen molar-refractivity contribution in [1.82, 2.24) is 10.2 Å². The second-order valence-corrected chi connectivity index (χ2v) is 6.45. The summed E-state index contributed by atoms with van der Waals surface area (Å²) in [5, 5.41) is 3.36. The summed E-state index contributed by atoms with van der Waals surface area (Å²) in [5.74, 6) is 0.284. The molecule has 2 saturated heterocycles. The highest BCUT2D eigenvalue weighted by atomic mass is 16.5. The monoisotopic (exact) mass is 254 g/mol. The molecule has 0 aromatic heterocycles. The van der Waals surface area contributed by atoms with Crippen LogP contribution in [0.4, 0.5) is 0 Å². The van der Waals surface area contributed by atoms with Crippen LogP contribution in [0.2, 0.25) is 0 Å². The maximum atomic E-state index is 12.4. The van der Waals surface area contributed by atoms with Crippen molar-refractivity contribution in [3.8, 4) is 0 Å². The molecule has 2 fully saturated rings. The molecular weight excluding hydrogens is 228 g/mol. The average molecular weight is 254 g/mol. The standard InChI is InChI=1S/C14H26N2O2/c1-10(2)15-12-5-7-16(13(12)17)11-6-8-18-14(3,4)9-11/h10-12,15H,5-9H2,1-4H3. The van der Waals surface area contributed by atoms with E-state index in [1.54, 1.807) is 0 Å². The highest BCUT2D eigenvalue weighted by molar-refractivity contribution is 5.84. The van der Waals surface area contributed by atoms with Crippen LogP contribution in [0.5, 0.6) is 0 Å².